The molecule has 4 heteroatoms. The number of anilines is 7. The number of hydrogen-bond acceptors (Lipinski definition) is 3. The van der Waals surface area contributed by atoms with Gasteiger partial charge < -0.3 is 14.7 Å². The number of aryl methyl sites for hydroxylation is 2. The molecule has 4 aliphatic heterocycles. The Labute approximate surface area is 364 Å². The van der Waals surface area contributed by atoms with E-state index in [1.807, 2.05) is 0 Å². The lowest BCUT2D eigenvalue weighted by Crippen LogP contribution is -2.65. The second kappa shape index (κ2) is 12.5. The van der Waals surface area contributed by atoms with Crippen LogP contribution in [0.4, 0.5) is 39.8 Å². The van der Waals surface area contributed by atoms with Gasteiger partial charge in [-0.1, -0.05) is 149 Å². The average molecular weight is 798 g/mol. The molecule has 2 fully saturated rings. The summed E-state index contributed by atoms with van der Waals surface area (Å²) < 4.78 is 0. The molecule has 0 saturated heterocycles. The second-order valence-corrected chi connectivity index (χ2v) is 21.5. The van der Waals surface area contributed by atoms with Crippen molar-refractivity contribution in [2.45, 2.75) is 134 Å². The van der Waals surface area contributed by atoms with Gasteiger partial charge in [-0.05, 0) is 134 Å². The summed E-state index contributed by atoms with van der Waals surface area (Å²) in [7, 11) is 0. The molecule has 61 heavy (non-hydrogen) atoms. The Balaban J connectivity index is 1.21. The van der Waals surface area contributed by atoms with E-state index in [4.69, 9.17) is 0 Å². The van der Waals surface area contributed by atoms with Gasteiger partial charge in [0, 0.05) is 50.6 Å². The minimum atomic E-state index is -0.155. The molecule has 0 spiro atoms. The lowest BCUT2D eigenvalue weighted by atomic mass is 9.33. The van der Waals surface area contributed by atoms with Gasteiger partial charge >= 0.3 is 0 Å². The summed E-state index contributed by atoms with van der Waals surface area (Å²) in [6, 6.07) is 48.4. The van der Waals surface area contributed by atoms with Gasteiger partial charge in [0.1, 0.15) is 0 Å². The van der Waals surface area contributed by atoms with Crippen LogP contribution in [-0.2, 0) is 16.2 Å². The summed E-state index contributed by atoms with van der Waals surface area (Å²) in [6.07, 6.45) is 9.70. The van der Waals surface area contributed by atoms with Crippen molar-refractivity contribution in [1.82, 2.24) is 0 Å². The van der Waals surface area contributed by atoms with Crippen LogP contribution >= 0.6 is 0 Å². The van der Waals surface area contributed by atoms with Crippen LogP contribution in [0, 0.1) is 13.8 Å². The molecule has 0 radical (unpaired) electrons. The fourth-order valence-electron chi connectivity index (χ4n) is 14.1. The second-order valence-electron chi connectivity index (χ2n) is 21.5. The van der Waals surface area contributed by atoms with Crippen LogP contribution in [0.25, 0.3) is 0 Å². The molecule has 6 aliphatic rings. The summed E-state index contributed by atoms with van der Waals surface area (Å²) in [5.41, 5.74) is 22.1. The lowest BCUT2D eigenvalue weighted by Gasteiger charge is -2.54. The third-order valence-corrected chi connectivity index (χ3v) is 17.4. The fraction of sp³-hybridized carbons (Fsp3) is 0.368. The van der Waals surface area contributed by atoms with Gasteiger partial charge in [0.2, 0.25) is 0 Å². The van der Waals surface area contributed by atoms with Gasteiger partial charge in [-0.15, -0.1) is 0 Å². The molecular formula is C57H60BN3. The molecule has 2 aliphatic carbocycles. The normalized spacial score (nSPS) is 26.6. The molecule has 4 unspecified atom stereocenters. The van der Waals surface area contributed by atoms with Crippen LogP contribution in [0.1, 0.15) is 126 Å². The fourth-order valence-corrected chi connectivity index (χ4v) is 14.1. The third kappa shape index (κ3) is 4.67. The van der Waals surface area contributed by atoms with E-state index >= 15 is 0 Å². The quantitative estimate of drug-likeness (QED) is 0.165. The number of rotatable bonds is 3. The van der Waals surface area contributed by atoms with Gasteiger partial charge in [0.15, 0.2) is 0 Å². The zero-order valence-corrected chi connectivity index (χ0v) is 37.6. The molecule has 4 heterocycles. The highest BCUT2D eigenvalue weighted by Gasteiger charge is 2.64. The predicted octanol–water partition coefficient (Wildman–Crippen LogP) is 12.7. The molecule has 12 rings (SSSR count). The van der Waals surface area contributed by atoms with Crippen molar-refractivity contribution in [2.24, 2.45) is 0 Å². The maximum absolute atomic E-state index is 2.93. The topological polar surface area (TPSA) is 9.72 Å². The van der Waals surface area contributed by atoms with Crippen LogP contribution in [0.3, 0.4) is 0 Å². The van der Waals surface area contributed by atoms with E-state index in [2.05, 4.69) is 191 Å². The lowest BCUT2D eigenvalue weighted by molar-refractivity contribution is 0.194. The minimum Gasteiger partial charge on any atom is -0.335 e. The maximum atomic E-state index is 2.93. The molecule has 0 bridgehead atoms. The molecule has 6 aromatic carbocycles. The number of benzene rings is 6. The molecular weight excluding hydrogens is 737 g/mol. The average Bonchev–Trinajstić information content (AvgIpc) is 3.62. The number of fused-ring (bicyclic) bond motifs is 10. The summed E-state index contributed by atoms with van der Waals surface area (Å²) in [6.45, 7) is 19.6. The molecule has 0 N–H and O–H groups in total. The van der Waals surface area contributed by atoms with Crippen molar-refractivity contribution in [3.05, 3.63) is 155 Å². The predicted molar refractivity (Wildman–Crippen MR) is 259 cm³/mol. The highest BCUT2D eigenvalue weighted by atomic mass is 15.3. The largest absolute Gasteiger partial charge is 0.335 e. The molecule has 6 aromatic rings. The number of hydrogen-bond donors (Lipinski definition) is 0. The van der Waals surface area contributed by atoms with E-state index in [0.717, 1.165) is 12.8 Å². The molecule has 306 valence electrons. The molecule has 4 atom stereocenters. The van der Waals surface area contributed by atoms with Crippen molar-refractivity contribution in [1.29, 1.82) is 0 Å². The van der Waals surface area contributed by atoms with Crippen molar-refractivity contribution in [2.75, 3.05) is 14.7 Å². The standard InChI is InChI=1S/C57H60BN3/c1-37-21-25-41(26-22-37)59-48-27-23-38(2)33-46(48)58-45-20-16-19-43-52(45)61(56(8)31-14-15-32-57(43,56)39-17-10-9-11-18-39)50-36-42(35-49(59)51(50)58)60-47-28-24-40(53(3,4)5)34-44(47)54(6)29-12-13-30-55(54,60)7/h9-11,16-28,33-36H,12-15,29-32H2,1-8H3. The van der Waals surface area contributed by atoms with E-state index in [1.54, 1.807) is 5.56 Å². The first-order chi connectivity index (χ1) is 29.3. The van der Waals surface area contributed by atoms with Crippen molar-refractivity contribution in [3.8, 4) is 0 Å². The van der Waals surface area contributed by atoms with Crippen molar-refractivity contribution in [3.63, 3.8) is 0 Å². The minimum absolute atomic E-state index is 0.0313. The van der Waals surface area contributed by atoms with Crippen LogP contribution in [0.15, 0.2) is 121 Å². The zero-order chi connectivity index (χ0) is 41.8. The third-order valence-electron chi connectivity index (χ3n) is 17.4. The highest BCUT2D eigenvalue weighted by molar-refractivity contribution is 7.00. The van der Waals surface area contributed by atoms with Gasteiger partial charge in [0.05, 0.1) is 11.1 Å². The van der Waals surface area contributed by atoms with Crippen LogP contribution < -0.4 is 31.1 Å². The van der Waals surface area contributed by atoms with E-state index in [-0.39, 0.29) is 34.0 Å². The summed E-state index contributed by atoms with van der Waals surface area (Å²) in [5.74, 6) is 0. The molecule has 3 nitrogen and oxygen atoms in total. The summed E-state index contributed by atoms with van der Waals surface area (Å²) >= 11 is 0. The monoisotopic (exact) mass is 797 g/mol. The first-order valence-electron chi connectivity index (χ1n) is 23.4. The zero-order valence-electron chi connectivity index (χ0n) is 37.6. The Morgan fingerprint density at radius 3 is 1.98 bits per heavy atom. The van der Waals surface area contributed by atoms with E-state index in [9.17, 15) is 0 Å². The van der Waals surface area contributed by atoms with Crippen LogP contribution in [-0.4, -0.2) is 17.8 Å². The van der Waals surface area contributed by atoms with Gasteiger partial charge in [-0.3, -0.25) is 0 Å². The van der Waals surface area contributed by atoms with E-state index in [0.29, 0.717) is 0 Å². The first kappa shape index (κ1) is 37.5. The summed E-state index contributed by atoms with van der Waals surface area (Å²) in [5, 5.41) is 0. The van der Waals surface area contributed by atoms with Gasteiger partial charge in [-0.2, -0.15) is 0 Å². The molecule has 0 amide bonds. The summed E-state index contributed by atoms with van der Waals surface area (Å²) in [4.78, 5) is 8.41. The van der Waals surface area contributed by atoms with Crippen LogP contribution in [0.5, 0.6) is 0 Å². The Morgan fingerprint density at radius 2 is 1.21 bits per heavy atom. The van der Waals surface area contributed by atoms with Crippen molar-refractivity contribution >= 4 is 62.9 Å². The Kier molecular flexibility index (Phi) is 7.67. The smallest absolute Gasteiger partial charge is 0.252 e. The molecule has 0 aromatic heterocycles. The molecule has 2 saturated carbocycles. The van der Waals surface area contributed by atoms with E-state index < -0.39 is 0 Å². The SMILES string of the molecule is Cc1ccc(N2c3ccc(C)cc3B3c4cccc5c4N(c4cc(N6c7ccc(C(C)(C)C)cc7C7(C)CCCCC67C)cc2c43)C2(C)CCCCC52c2ccccc2)cc1. The van der Waals surface area contributed by atoms with Crippen LogP contribution in [0.2, 0.25) is 0 Å². The Bertz CT molecular complexity index is 2800. The van der Waals surface area contributed by atoms with E-state index in [1.165, 1.54) is 123 Å². The van der Waals surface area contributed by atoms with Gasteiger partial charge in [0.25, 0.3) is 6.71 Å². The highest BCUT2D eigenvalue weighted by Crippen LogP contribution is 2.66. The van der Waals surface area contributed by atoms with Crippen molar-refractivity contribution < 1.29 is 0 Å². The maximum Gasteiger partial charge on any atom is 0.252 e. The number of para-hydroxylation sites is 1. The van der Waals surface area contributed by atoms with Gasteiger partial charge in [-0.25, -0.2) is 0 Å². The Morgan fingerprint density at radius 1 is 0.525 bits per heavy atom. The first-order valence-corrected chi connectivity index (χ1v) is 23.4. The number of nitrogens with zero attached hydrogens (tertiary/aromatic N) is 3. The Hall–Kier alpha value is -5.22.